The SMILES string of the molecule is CCOc1cccc(CNC(C)c2ccc(C)c([N+](=O)[O-])c2)c1. The van der Waals surface area contributed by atoms with Gasteiger partial charge in [0.2, 0.25) is 0 Å². The Labute approximate surface area is 136 Å². The summed E-state index contributed by atoms with van der Waals surface area (Å²) < 4.78 is 5.49. The van der Waals surface area contributed by atoms with Crippen LogP contribution in [0, 0.1) is 17.0 Å². The van der Waals surface area contributed by atoms with Gasteiger partial charge in [-0.05, 0) is 44.0 Å². The minimum absolute atomic E-state index is 0.0186. The molecule has 1 N–H and O–H groups in total. The lowest BCUT2D eigenvalue weighted by Gasteiger charge is -2.15. The van der Waals surface area contributed by atoms with Gasteiger partial charge in [-0.3, -0.25) is 10.1 Å². The highest BCUT2D eigenvalue weighted by atomic mass is 16.6. The predicted octanol–water partition coefficient (Wildman–Crippen LogP) is 4.15. The Kier molecular flexibility index (Phi) is 5.71. The van der Waals surface area contributed by atoms with Crippen molar-refractivity contribution in [3.63, 3.8) is 0 Å². The van der Waals surface area contributed by atoms with E-state index in [1.807, 2.05) is 44.2 Å². The Morgan fingerprint density at radius 3 is 2.74 bits per heavy atom. The van der Waals surface area contributed by atoms with Crippen molar-refractivity contribution in [2.75, 3.05) is 6.61 Å². The minimum Gasteiger partial charge on any atom is -0.494 e. The summed E-state index contributed by atoms with van der Waals surface area (Å²) in [5, 5.41) is 14.4. The largest absolute Gasteiger partial charge is 0.494 e. The first-order valence-corrected chi connectivity index (χ1v) is 7.71. The number of ether oxygens (including phenoxy) is 1. The number of benzene rings is 2. The summed E-state index contributed by atoms with van der Waals surface area (Å²) in [5.41, 5.74) is 2.86. The Hall–Kier alpha value is -2.40. The van der Waals surface area contributed by atoms with Gasteiger partial charge in [0.1, 0.15) is 5.75 Å². The third-order valence-corrected chi connectivity index (χ3v) is 3.75. The van der Waals surface area contributed by atoms with E-state index in [0.717, 1.165) is 16.9 Å². The van der Waals surface area contributed by atoms with Crippen LogP contribution in [0.5, 0.6) is 5.75 Å². The molecule has 23 heavy (non-hydrogen) atoms. The number of aryl methyl sites for hydroxylation is 1. The summed E-state index contributed by atoms with van der Waals surface area (Å²) in [4.78, 5) is 10.7. The highest BCUT2D eigenvalue weighted by Gasteiger charge is 2.14. The lowest BCUT2D eigenvalue weighted by Crippen LogP contribution is -2.18. The van der Waals surface area contributed by atoms with Crippen molar-refractivity contribution >= 4 is 5.69 Å². The molecule has 0 heterocycles. The van der Waals surface area contributed by atoms with Crippen molar-refractivity contribution in [3.05, 3.63) is 69.3 Å². The van der Waals surface area contributed by atoms with E-state index in [1.54, 1.807) is 19.1 Å². The maximum atomic E-state index is 11.0. The molecule has 2 rings (SSSR count). The lowest BCUT2D eigenvalue weighted by atomic mass is 10.0. The molecule has 2 aromatic carbocycles. The van der Waals surface area contributed by atoms with Crippen LogP contribution in [0.1, 0.15) is 36.6 Å². The number of nitrogens with zero attached hydrogens (tertiary/aromatic N) is 1. The minimum atomic E-state index is -0.336. The van der Waals surface area contributed by atoms with Crippen LogP contribution in [0.25, 0.3) is 0 Å². The van der Waals surface area contributed by atoms with Crippen molar-refractivity contribution in [2.24, 2.45) is 0 Å². The average molecular weight is 314 g/mol. The van der Waals surface area contributed by atoms with E-state index in [2.05, 4.69) is 5.32 Å². The highest BCUT2D eigenvalue weighted by molar-refractivity contribution is 5.43. The topological polar surface area (TPSA) is 64.4 Å². The fourth-order valence-corrected chi connectivity index (χ4v) is 2.39. The van der Waals surface area contributed by atoms with Gasteiger partial charge in [0.05, 0.1) is 11.5 Å². The summed E-state index contributed by atoms with van der Waals surface area (Å²) in [6, 6.07) is 13.3. The number of hydrogen-bond acceptors (Lipinski definition) is 4. The van der Waals surface area contributed by atoms with Crippen LogP contribution in [-0.4, -0.2) is 11.5 Å². The van der Waals surface area contributed by atoms with Gasteiger partial charge in [0.25, 0.3) is 5.69 Å². The van der Waals surface area contributed by atoms with E-state index in [1.165, 1.54) is 0 Å². The molecule has 0 fully saturated rings. The second-order valence-electron chi connectivity index (χ2n) is 5.49. The standard InChI is InChI=1S/C18H22N2O3/c1-4-23-17-7-5-6-15(10-17)12-19-14(3)16-9-8-13(2)18(11-16)20(21)22/h5-11,14,19H,4,12H2,1-3H3. The Morgan fingerprint density at radius 1 is 1.26 bits per heavy atom. The quantitative estimate of drug-likeness (QED) is 0.616. The van der Waals surface area contributed by atoms with E-state index in [0.29, 0.717) is 18.7 Å². The second-order valence-corrected chi connectivity index (χ2v) is 5.49. The molecule has 0 aromatic heterocycles. The molecule has 0 saturated carbocycles. The molecule has 0 bridgehead atoms. The predicted molar refractivity (Wildman–Crippen MR) is 90.7 cm³/mol. The fourth-order valence-electron chi connectivity index (χ4n) is 2.39. The van der Waals surface area contributed by atoms with E-state index in [-0.39, 0.29) is 16.7 Å². The van der Waals surface area contributed by atoms with Crippen LogP contribution in [-0.2, 0) is 6.54 Å². The number of nitro groups is 1. The first-order chi connectivity index (χ1) is 11.0. The van der Waals surface area contributed by atoms with Crippen LogP contribution in [0.3, 0.4) is 0 Å². The van der Waals surface area contributed by atoms with Crippen LogP contribution in [0.15, 0.2) is 42.5 Å². The van der Waals surface area contributed by atoms with Crippen LogP contribution in [0.2, 0.25) is 0 Å². The van der Waals surface area contributed by atoms with Crippen molar-refractivity contribution in [2.45, 2.75) is 33.4 Å². The summed E-state index contributed by atoms with van der Waals surface area (Å²) in [5.74, 6) is 0.852. The number of hydrogen-bond donors (Lipinski definition) is 1. The molecule has 0 aliphatic rings. The highest BCUT2D eigenvalue weighted by Crippen LogP contribution is 2.23. The van der Waals surface area contributed by atoms with Gasteiger partial charge in [0.15, 0.2) is 0 Å². The molecule has 0 radical (unpaired) electrons. The molecule has 2 aromatic rings. The number of nitrogens with one attached hydrogen (secondary N) is 1. The number of rotatable bonds is 7. The van der Waals surface area contributed by atoms with Gasteiger partial charge >= 0.3 is 0 Å². The van der Waals surface area contributed by atoms with Gasteiger partial charge in [0, 0.05) is 24.2 Å². The molecule has 1 atom stereocenters. The Bertz CT molecular complexity index is 686. The van der Waals surface area contributed by atoms with Crippen LogP contribution >= 0.6 is 0 Å². The molecular weight excluding hydrogens is 292 g/mol. The molecule has 0 amide bonds. The zero-order valence-corrected chi connectivity index (χ0v) is 13.7. The maximum absolute atomic E-state index is 11.0. The summed E-state index contributed by atoms with van der Waals surface area (Å²) in [7, 11) is 0. The van der Waals surface area contributed by atoms with E-state index in [4.69, 9.17) is 4.74 Å². The molecule has 1 unspecified atom stereocenters. The molecular formula is C18H22N2O3. The maximum Gasteiger partial charge on any atom is 0.272 e. The van der Waals surface area contributed by atoms with Crippen molar-refractivity contribution in [1.29, 1.82) is 0 Å². The van der Waals surface area contributed by atoms with Gasteiger partial charge in [-0.2, -0.15) is 0 Å². The van der Waals surface area contributed by atoms with E-state index >= 15 is 0 Å². The van der Waals surface area contributed by atoms with Gasteiger partial charge in [-0.25, -0.2) is 0 Å². The third kappa shape index (κ3) is 4.53. The molecule has 122 valence electrons. The Balaban J connectivity index is 2.05. The zero-order valence-electron chi connectivity index (χ0n) is 13.7. The summed E-state index contributed by atoms with van der Waals surface area (Å²) in [6.45, 7) is 7.02. The van der Waals surface area contributed by atoms with Crippen molar-refractivity contribution in [3.8, 4) is 5.75 Å². The van der Waals surface area contributed by atoms with Gasteiger partial charge in [-0.1, -0.05) is 24.3 Å². The first kappa shape index (κ1) is 17.0. The number of nitro benzene ring substituents is 1. The molecule has 0 spiro atoms. The van der Waals surface area contributed by atoms with Crippen molar-refractivity contribution < 1.29 is 9.66 Å². The summed E-state index contributed by atoms with van der Waals surface area (Å²) >= 11 is 0. The second kappa shape index (κ2) is 7.74. The average Bonchev–Trinajstić information content (AvgIpc) is 2.53. The van der Waals surface area contributed by atoms with Crippen molar-refractivity contribution in [1.82, 2.24) is 5.32 Å². The normalized spacial score (nSPS) is 12.0. The third-order valence-electron chi connectivity index (χ3n) is 3.75. The van der Waals surface area contributed by atoms with Crippen LogP contribution < -0.4 is 10.1 Å². The first-order valence-electron chi connectivity index (χ1n) is 7.71. The monoisotopic (exact) mass is 314 g/mol. The molecule has 5 nitrogen and oxygen atoms in total. The smallest absolute Gasteiger partial charge is 0.272 e. The molecule has 0 aliphatic carbocycles. The zero-order chi connectivity index (χ0) is 16.8. The van der Waals surface area contributed by atoms with E-state index in [9.17, 15) is 10.1 Å². The fraction of sp³-hybridized carbons (Fsp3) is 0.333. The van der Waals surface area contributed by atoms with E-state index < -0.39 is 0 Å². The van der Waals surface area contributed by atoms with Gasteiger partial charge < -0.3 is 10.1 Å². The summed E-state index contributed by atoms with van der Waals surface area (Å²) in [6.07, 6.45) is 0. The van der Waals surface area contributed by atoms with Gasteiger partial charge in [-0.15, -0.1) is 0 Å². The van der Waals surface area contributed by atoms with Crippen LogP contribution in [0.4, 0.5) is 5.69 Å². The lowest BCUT2D eigenvalue weighted by molar-refractivity contribution is -0.385. The molecule has 0 aliphatic heterocycles. The Morgan fingerprint density at radius 2 is 2.04 bits per heavy atom. The molecule has 0 saturated heterocycles. The molecule has 5 heteroatoms.